The van der Waals surface area contributed by atoms with E-state index in [-0.39, 0.29) is 0 Å². The number of azo groups is 1. The highest BCUT2D eigenvalue weighted by atomic mass is 15.1. The van der Waals surface area contributed by atoms with Crippen molar-refractivity contribution in [3.63, 3.8) is 0 Å². The van der Waals surface area contributed by atoms with E-state index in [0.717, 1.165) is 19.3 Å². The molecule has 0 unspecified atom stereocenters. The summed E-state index contributed by atoms with van der Waals surface area (Å²) in [7, 11) is 0. The zero-order valence-corrected chi connectivity index (χ0v) is 8.82. The first-order chi connectivity index (χ1) is 6.74. The Balaban J connectivity index is 4.31. The van der Waals surface area contributed by atoms with E-state index in [1.807, 2.05) is 19.1 Å². The number of nitriles is 2. The van der Waals surface area contributed by atoms with E-state index in [9.17, 15) is 0 Å². The normalized spacial score (nSPS) is 11.1. The summed E-state index contributed by atoms with van der Waals surface area (Å²) in [6.45, 7) is 4.58. The van der Waals surface area contributed by atoms with Crippen LogP contribution in [0.1, 0.15) is 39.5 Å². The maximum Gasteiger partial charge on any atom is 0.251 e. The second kappa shape index (κ2) is 7.03. The molecule has 0 aliphatic heterocycles. The molecule has 0 aromatic heterocycles. The van der Waals surface area contributed by atoms with Gasteiger partial charge in [-0.25, -0.2) is 0 Å². The molecule has 0 aliphatic carbocycles. The minimum absolute atomic E-state index is 0.454. The lowest BCUT2D eigenvalue weighted by atomic mass is 9.99. The molecule has 0 aromatic carbocycles. The Bertz CT molecular complexity index is 242. The van der Waals surface area contributed by atoms with Gasteiger partial charge in [-0.2, -0.15) is 20.8 Å². The molecule has 0 radical (unpaired) electrons. The fourth-order valence-electron chi connectivity index (χ4n) is 0.993. The van der Waals surface area contributed by atoms with Crippen molar-refractivity contribution in [3.05, 3.63) is 0 Å². The molecule has 4 nitrogen and oxygen atoms in total. The minimum atomic E-state index is -1.25. The quantitative estimate of drug-likeness (QED) is 0.479. The topological polar surface area (TPSA) is 72.3 Å². The van der Waals surface area contributed by atoms with Gasteiger partial charge in [-0.3, -0.25) is 0 Å². The van der Waals surface area contributed by atoms with Gasteiger partial charge in [-0.1, -0.05) is 26.7 Å². The van der Waals surface area contributed by atoms with Crippen LogP contribution >= 0.6 is 0 Å². The van der Waals surface area contributed by atoms with Gasteiger partial charge in [0.1, 0.15) is 12.1 Å². The molecule has 0 fully saturated rings. The van der Waals surface area contributed by atoms with Crippen LogP contribution in [0.15, 0.2) is 10.2 Å². The zero-order valence-electron chi connectivity index (χ0n) is 8.82. The Kier molecular flexibility index (Phi) is 6.32. The molecule has 0 bridgehead atoms. The van der Waals surface area contributed by atoms with Crippen LogP contribution in [0.5, 0.6) is 0 Å². The van der Waals surface area contributed by atoms with Gasteiger partial charge < -0.3 is 0 Å². The molecule has 76 valence electrons. The van der Waals surface area contributed by atoms with Crippen molar-refractivity contribution < 1.29 is 0 Å². The van der Waals surface area contributed by atoms with Crippen LogP contribution in [0.25, 0.3) is 0 Å². The Hall–Kier alpha value is -1.42. The number of rotatable bonds is 6. The first-order valence-corrected chi connectivity index (χ1v) is 4.95. The van der Waals surface area contributed by atoms with Crippen LogP contribution in [0, 0.1) is 22.7 Å². The van der Waals surface area contributed by atoms with Crippen molar-refractivity contribution in [2.45, 2.75) is 45.1 Å². The molecular formula is C10H16N4. The third-order valence-electron chi connectivity index (χ3n) is 1.83. The molecule has 0 saturated heterocycles. The van der Waals surface area contributed by atoms with Crippen molar-refractivity contribution >= 4 is 0 Å². The van der Waals surface area contributed by atoms with Crippen LogP contribution in [0.3, 0.4) is 0 Å². The van der Waals surface area contributed by atoms with Gasteiger partial charge in [-0.15, -0.1) is 0 Å². The van der Waals surface area contributed by atoms with Gasteiger partial charge in [0.25, 0.3) is 5.54 Å². The summed E-state index contributed by atoms with van der Waals surface area (Å²) in [6.07, 6.45) is 3.20. The molecule has 0 aliphatic rings. The average molecular weight is 192 g/mol. The van der Waals surface area contributed by atoms with Crippen LogP contribution in [-0.2, 0) is 0 Å². The van der Waals surface area contributed by atoms with Gasteiger partial charge in [0.15, 0.2) is 0 Å². The van der Waals surface area contributed by atoms with E-state index in [1.165, 1.54) is 0 Å². The van der Waals surface area contributed by atoms with Gasteiger partial charge in [-0.05, 0) is 6.42 Å². The van der Waals surface area contributed by atoms with Crippen molar-refractivity contribution in [1.82, 2.24) is 0 Å². The molecular weight excluding hydrogens is 176 g/mol. The highest BCUT2D eigenvalue weighted by molar-refractivity contribution is 5.21. The third kappa shape index (κ3) is 4.00. The Morgan fingerprint density at radius 3 is 2.21 bits per heavy atom. The molecule has 0 aromatic rings. The summed E-state index contributed by atoms with van der Waals surface area (Å²) in [5.41, 5.74) is -1.25. The molecule has 0 amide bonds. The molecule has 0 rings (SSSR count). The summed E-state index contributed by atoms with van der Waals surface area (Å²) in [5.74, 6) is 0. The van der Waals surface area contributed by atoms with Gasteiger partial charge in [0.2, 0.25) is 0 Å². The smallest absolute Gasteiger partial charge is 0.194 e. The summed E-state index contributed by atoms with van der Waals surface area (Å²) in [6, 6.07) is 3.84. The standard InChI is InChI=1S/C10H16N4/c1-3-5-7-13-14-10(8-11,9-12)6-4-2/h3-7H2,1-2H3. The lowest BCUT2D eigenvalue weighted by Gasteiger charge is -2.09. The summed E-state index contributed by atoms with van der Waals surface area (Å²) < 4.78 is 0. The molecule has 0 spiro atoms. The third-order valence-corrected chi connectivity index (χ3v) is 1.83. The molecule has 0 saturated carbocycles. The maximum atomic E-state index is 8.84. The van der Waals surface area contributed by atoms with Crippen molar-refractivity contribution in [2.24, 2.45) is 10.2 Å². The van der Waals surface area contributed by atoms with Crippen molar-refractivity contribution in [2.75, 3.05) is 6.54 Å². The number of nitrogens with zero attached hydrogens (tertiary/aromatic N) is 4. The fourth-order valence-corrected chi connectivity index (χ4v) is 0.993. The van der Waals surface area contributed by atoms with Crippen LogP contribution in [-0.4, -0.2) is 12.1 Å². The molecule has 0 heterocycles. The second-order valence-electron chi connectivity index (χ2n) is 3.15. The molecule has 0 atom stereocenters. The molecule has 4 heteroatoms. The highest BCUT2D eigenvalue weighted by Crippen LogP contribution is 2.16. The summed E-state index contributed by atoms with van der Waals surface area (Å²) in [5, 5.41) is 25.4. The predicted octanol–water partition coefficient (Wildman–Crippen LogP) is 2.82. The minimum Gasteiger partial charge on any atom is -0.194 e. The first kappa shape index (κ1) is 12.6. The van der Waals surface area contributed by atoms with Crippen LogP contribution in [0.4, 0.5) is 0 Å². The second-order valence-corrected chi connectivity index (χ2v) is 3.15. The Morgan fingerprint density at radius 1 is 1.14 bits per heavy atom. The summed E-state index contributed by atoms with van der Waals surface area (Å²) in [4.78, 5) is 0. The lowest BCUT2D eigenvalue weighted by Crippen LogP contribution is -2.20. The Morgan fingerprint density at radius 2 is 1.79 bits per heavy atom. The SMILES string of the molecule is CCCCN=NC(C#N)(C#N)CCC. The number of unbranched alkanes of at least 4 members (excludes halogenated alkanes) is 1. The molecule has 14 heavy (non-hydrogen) atoms. The van der Waals surface area contributed by atoms with E-state index in [1.54, 1.807) is 0 Å². The number of hydrogen-bond acceptors (Lipinski definition) is 4. The van der Waals surface area contributed by atoms with Crippen molar-refractivity contribution in [3.8, 4) is 12.1 Å². The van der Waals surface area contributed by atoms with Crippen molar-refractivity contribution in [1.29, 1.82) is 10.5 Å². The largest absolute Gasteiger partial charge is 0.251 e. The van der Waals surface area contributed by atoms with Crippen LogP contribution in [0.2, 0.25) is 0 Å². The van der Waals surface area contributed by atoms with Gasteiger partial charge in [0.05, 0.1) is 6.54 Å². The maximum absolute atomic E-state index is 8.84. The fraction of sp³-hybridized carbons (Fsp3) is 0.800. The number of hydrogen-bond donors (Lipinski definition) is 0. The lowest BCUT2D eigenvalue weighted by molar-refractivity contribution is 0.565. The van der Waals surface area contributed by atoms with E-state index in [2.05, 4.69) is 17.2 Å². The predicted molar refractivity (Wildman–Crippen MR) is 53.5 cm³/mol. The highest BCUT2D eigenvalue weighted by Gasteiger charge is 2.28. The van der Waals surface area contributed by atoms with Gasteiger partial charge >= 0.3 is 0 Å². The van der Waals surface area contributed by atoms with Crippen LogP contribution < -0.4 is 0 Å². The Labute approximate surface area is 85.3 Å². The van der Waals surface area contributed by atoms with E-state index < -0.39 is 5.54 Å². The van der Waals surface area contributed by atoms with E-state index in [0.29, 0.717) is 13.0 Å². The first-order valence-electron chi connectivity index (χ1n) is 4.95. The van der Waals surface area contributed by atoms with E-state index >= 15 is 0 Å². The zero-order chi connectivity index (χ0) is 10.9. The monoisotopic (exact) mass is 192 g/mol. The average Bonchev–Trinajstić information content (AvgIpc) is 2.23. The molecule has 0 N–H and O–H groups in total. The van der Waals surface area contributed by atoms with E-state index in [4.69, 9.17) is 10.5 Å². The van der Waals surface area contributed by atoms with Gasteiger partial charge in [0, 0.05) is 6.42 Å². The summed E-state index contributed by atoms with van der Waals surface area (Å²) >= 11 is 0.